The van der Waals surface area contributed by atoms with Gasteiger partial charge >= 0.3 is 6.18 Å². The molecule has 0 amide bonds. The van der Waals surface area contributed by atoms with Gasteiger partial charge in [0.05, 0.1) is 5.56 Å². The Morgan fingerprint density at radius 2 is 1.61 bits per heavy atom. The number of hydrogen-bond acceptors (Lipinski definition) is 1. The van der Waals surface area contributed by atoms with Gasteiger partial charge in [0, 0.05) is 16.4 Å². The number of benzene rings is 2. The van der Waals surface area contributed by atoms with Crippen LogP contribution in [-0.2, 0) is 6.18 Å². The van der Waals surface area contributed by atoms with Gasteiger partial charge in [0.25, 0.3) is 0 Å². The highest BCUT2D eigenvalue weighted by Gasteiger charge is 2.33. The summed E-state index contributed by atoms with van der Waals surface area (Å²) in [6.07, 6.45) is -4.37. The summed E-state index contributed by atoms with van der Waals surface area (Å²) in [5.41, 5.74) is 2.14. The first-order valence-corrected chi connectivity index (χ1v) is 8.17. The van der Waals surface area contributed by atoms with Gasteiger partial charge in [-0.3, -0.25) is 0 Å². The number of rotatable bonds is 4. The molecule has 0 aliphatic carbocycles. The van der Waals surface area contributed by atoms with Crippen LogP contribution in [0.4, 0.5) is 13.2 Å². The van der Waals surface area contributed by atoms with Crippen LogP contribution < -0.4 is 5.32 Å². The second-order valence-electron chi connectivity index (χ2n) is 5.60. The lowest BCUT2D eigenvalue weighted by Crippen LogP contribution is -2.15. The van der Waals surface area contributed by atoms with E-state index in [1.807, 2.05) is 45.2 Å². The third-order valence-electron chi connectivity index (χ3n) is 4.16. The molecule has 0 fully saturated rings. The average molecular weight is 386 g/mol. The van der Waals surface area contributed by atoms with Crippen molar-refractivity contribution < 1.29 is 13.2 Å². The minimum atomic E-state index is -4.37. The van der Waals surface area contributed by atoms with Crippen molar-refractivity contribution in [3.05, 3.63) is 69.2 Å². The van der Waals surface area contributed by atoms with Crippen LogP contribution in [0.2, 0.25) is 0 Å². The molecule has 2 rings (SSSR count). The highest BCUT2D eigenvalue weighted by molar-refractivity contribution is 9.10. The Hall–Kier alpha value is -1.33. The van der Waals surface area contributed by atoms with Crippen molar-refractivity contribution in [2.24, 2.45) is 0 Å². The number of alkyl halides is 3. The number of hydrogen-bond donors (Lipinski definition) is 1. The molecule has 0 radical (unpaired) electrons. The predicted octanol–water partition coefficient (Wildman–Crippen LogP) is 5.90. The lowest BCUT2D eigenvalue weighted by atomic mass is 9.87. The molecule has 2 aromatic rings. The van der Waals surface area contributed by atoms with Gasteiger partial charge in [-0.05, 0) is 42.8 Å². The van der Waals surface area contributed by atoms with E-state index in [1.165, 1.54) is 12.1 Å². The fourth-order valence-electron chi connectivity index (χ4n) is 2.66. The molecule has 2 aromatic carbocycles. The maximum Gasteiger partial charge on any atom is 0.417 e. The van der Waals surface area contributed by atoms with Gasteiger partial charge < -0.3 is 5.32 Å². The van der Waals surface area contributed by atoms with E-state index in [0.717, 1.165) is 11.1 Å². The molecule has 5 heteroatoms. The summed E-state index contributed by atoms with van der Waals surface area (Å²) >= 11 is 2.99. The summed E-state index contributed by atoms with van der Waals surface area (Å²) in [7, 11) is 1.87. The van der Waals surface area contributed by atoms with Gasteiger partial charge in [0.1, 0.15) is 0 Å². The van der Waals surface area contributed by atoms with Crippen LogP contribution in [0.3, 0.4) is 0 Å². The molecule has 0 saturated heterocycles. The molecular formula is C18H19BrF3N. The predicted molar refractivity (Wildman–Crippen MR) is 90.6 cm³/mol. The molecule has 1 nitrogen and oxygen atoms in total. The zero-order valence-electron chi connectivity index (χ0n) is 13.2. The van der Waals surface area contributed by atoms with E-state index in [4.69, 9.17) is 0 Å². The minimum Gasteiger partial charge on any atom is -0.313 e. The van der Waals surface area contributed by atoms with Gasteiger partial charge in [-0.25, -0.2) is 0 Å². The molecule has 2 atom stereocenters. The summed E-state index contributed by atoms with van der Waals surface area (Å²) in [6.45, 7) is 3.97. The van der Waals surface area contributed by atoms with Crippen LogP contribution in [0.15, 0.2) is 46.9 Å². The van der Waals surface area contributed by atoms with Crippen molar-refractivity contribution >= 4 is 15.9 Å². The van der Waals surface area contributed by atoms with E-state index < -0.39 is 11.7 Å². The molecule has 0 aromatic heterocycles. The molecule has 0 saturated carbocycles. The number of halogens is 4. The largest absolute Gasteiger partial charge is 0.417 e. The SMILES string of the molecule is CNC(C)c1ccccc1C(C)c1ccc(Br)c(C(F)(F)F)c1. The lowest BCUT2D eigenvalue weighted by Gasteiger charge is -2.22. The molecule has 0 spiro atoms. The molecule has 2 unspecified atom stereocenters. The standard InChI is InChI=1S/C18H19BrF3N/c1-11(14-6-4-5-7-15(14)12(2)23-3)13-8-9-17(19)16(10-13)18(20,21)22/h4-12,23H,1-3H3. The maximum absolute atomic E-state index is 13.1. The Kier molecular flexibility index (Phi) is 5.53. The van der Waals surface area contributed by atoms with Crippen molar-refractivity contribution in [2.75, 3.05) is 7.05 Å². The van der Waals surface area contributed by atoms with Gasteiger partial charge in [0.2, 0.25) is 0 Å². The Morgan fingerprint density at radius 1 is 1.00 bits per heavy atom. The first kappa shape index (κ1) is 18.0. The fourth-order valence-corrected chi connectivity index (χ4v) is 3.14. The van der Waals surface area contributed by atoms with E-state index in [2.05, 4.69) is 21.2 Å². The molecule has 124 valence electrons. The monoisotopic (exact) mass is 385 g/mol. The van der Waals surface area contributed by atoms with E-state index in [-0.39, 0.29) is 16.4 Å². The molecule has 1 N–H and O–H groups in total. The Balaban J connectivity index is 2.48. The topological polar surface area (TPSA) is 12.0 Å². The van der Waals surface area contributed by atoms with Gasteiger partial charge in [-0.15, -0.1) is 0 Å². The zero-order chi connectivity index (χ0) is 17.2. The van der Waals surface area contributed by atoms with Gasteiger partial charge in [-0.2, -0.15) is 13.2 Å². The second kappa shape index (κ2) is 7.05. The van der Waals surface area contributed by atoms with Crippen LogP contribution in [0, 0.1) is 0 Å². The summed E-state index contributed by atoms with van der Waals surface area (Å²) < 4.78 is 39.4. The zero-order valence-corrected chi connectivity index (χ0v) is 14.8. The molecular weight excluding hydrogens is 367 g/mol. The highest BCUT2D eigenvalue weighted by Crippen LogP contribution is 2.38. The molecule has 0 aliphatic rings. The average Bonchev–Trinajstić information content (AvgIpc) is 2.52. The first-order chi connectivity index (χ1) is 10.8. The van der Waals surface area contributed by atoms with Crippen molar-refractivity contribution in [2.45, 2.75) is 32.0 Å². The summed E-state index contributed by atoms with van der Waals surface area (Å²) in [4.78, 5) is 0. The van der Waals surface area contributed by atoms with Crippen LogP contribution in [-0.4, -0.2) is 7.05 Å². The third-order valence-corrected chi connectivity index (χ3v) is 4.85. The minimum absolute atomic E-state index is 0.0674. The van der Waals surface area contributed by atoms with Crippen LogP contribution >= 0.6 is 15.9 Å². The summed E-state index contributed by atoms with van der Waals surface area (Å²) in [5.74, 6) is -0.129. The Labute approximate surface area is 143 Å². The smallest absolute Gasteiger partial charge is 0.313 e. The van der Waals surface area contributed by atoms with E-state index in [9.17, 15) is 13.2 Å². The van der Waals surface area contributed by atoms with Crippen LogP contribution in [0.1, 0.15) is 48.1 Å². The number of nitrogens with one attached hydrogen (secondary N) is 1. The molecule has 0 bridgehead atoms. The fraction of sp³-hybridized carbons (Fsp3) is 0.333. The van der Waals surface area contributed by atoms with Crippen LogP contribution in [0.5, 0.6) is 0 Å². The van der Waals surface area contributed by atoms with Crippen molar-refractivity contribution in [1.29, 1.82) is 0 Å². The van der Waals surface area contributed by atoms with Crippen LogP contribution in [0.25, 0.3) is 0 Å². The van der Waals surface area contributed by atoms with E-state index >= 15 is 0 Å². The van der Waals surface area contributed by atoms with Crippen molar-refractivity contribution in [3.8, 4) is 0 Å². The van der Waals surface area contributed by atoms with E-state index in [1.54, 1.807) is 6.07 Å². The maximum atomic E-state index is 13.1. The van der Waals surface area contributed by atoms with Gasteiger partial charge in [-0.1, -0.05) is 53.2 Å². The van der Waals surface area contributed by atoms with Crippen molar-refractivity contribution in [3.63, 3.8) is 0 Å². The van der Waals surface area contributed by atoms with Gasteiger partial charge in [0.15, 0.2) is 0 Å². The first-order valence-electron chi connectivity index (χ1n) is 7.38. The second-order valence-corrected chi connectivity index (χ2v) is 6.45. The molecule has 23 heavy (non-hydrogen) atoms. The Bertz CT molecular complexity index is 682. The molecule has 0 aliphatic heterocycles. The normalized spacial score (nSPS) is 14.6. The third kappa shape index (κ3) is 3.96. The Morgan fingerprint density at radius 3 is 2.17 bits per heavy atom. The quantitative estimate of drug-likeness (QED) is 0.690. The lowest BCUT2D eigenvalue weighted by molar-refractivity contribution is -0.138. The summed E-state index contributed by atoms with van der Waals surface area (Å²) in [6, 6.07) is 12.4. The van der Waals surface area contributed by atoms with E-state index in [0.29, 0.717) is 5.56 Å². The molecule has 0 heterocycles. The highest BCUT2D eigenvalue weighted by atomic mass is 79.9. The summed E-state index contributed by atoms with van der Waals surface area (Å²) in [5, 5.41) is 3.19. The van der Waals surface area contributed by atoms with Crippen molar-refractivity contribution in [1.82, 2.24) is 5.32 Å².